The minimum Gasteiger partial charge on any atom is -0.384 e. The maximum absolute atomic E-state index is 9.03. The van der Waals surface area contributed by atoms with Crippen LogP contribution < -0.4 is 5.32 Å². The van der Waals surface area contributed by atoms with Crippen LogP contribution in [0.1, 0.15) is 18.9 Å². The van der Waals surface area contributed by atoms with Gasteiger partial charge in [0.05, 0.1) is 11.3 Å². The molecule has 14 heavy (non-hydrogen) atoms. The average Bonchev–Trinajstić information content (AvgIpc) is 2.25. The van der Waals surface area contributed by atoms with E-state index in [9.17, 15) is 0 Å². The standard InChI is InChI=1S/C11H14N2S/c1-3-7-13-10-5-4-6-11(14-2)9(10)8-12/h4-6,13H,3,7H2,1-2H3. The first-order valence-corrected chi connectivity index (χ1v) is 5.87. The number of nitrogens with zero attached hydrogens (tertiary/aromatic N) is 1. The lowest BCUT2D eigenvalue weighted by Crippen LogP contribution is -2.02. The van der Waals surface area contributed by atoms with E-state index in [1.165, 1.54) is 0 Å². The summed E-state index contributed by atoms with van der Waals surface area (Å²) in [6.45, 7) is 3.02. The van der Waals surface area contributed by atoms with Crippen LogP contribution in [0.15, 0.2) is 23.1 Å². The maximum Gasteiger partial charge on any atom is 0.102 e. The molecule has 0 aliphatic carbocycles. The summed E-state index contributed by atoms with van der Waals surface area (Å²) in [5.41, 5.74) is 1.70. The lowest BCUT2D eigenvalue weighted by atomic mass is 10.2. The van der Waals surface area contributed by atoms with Crippen LogP contribution >= 0.6 is 11.8 Å². The molecule has 0 amide bonds. The van der Waals surface area contributed by atoms with E-state index >= 15 is 0 Å². The molecule has 0 fully saturated rings. The first kappa shape index (κ1) is 10.9. The van der Waals surface area contributed by atoms with Gasteiger partial charge in [-0.3, -0.25) is 0 Å². The third-order valence-electron chi connectivity index (χ3n) is 1.92. The third-order valence-corrected chi connectivity index (χ3v) is 2.70. The molecule has 1 aromatic rings. The molecular weight excluding hydrogens is 192 g/mol. The van der Waals surface area contributed by atoms with Crippen LogP contribution in [0.5, 0.6) is 0 Å². The average molecular weight is 206 g/mol. The number of nitriles is 1. The van der Waals surface area contributed by atoms with Crippen LogP contribution in [0.2, 0.25) is 0 Å². The Morgan fingerprint density at radius 2 is 2.29 bits per heavy atom. The second-order valence-corrected chi connectivity index (χ2v) is 3.77. The Morgan fingerprint density at radius 1 is 1.50 bits per heavy atom. The Kier molecular flexibility index (Phi) is 4.34. The quantitative estimate of drug-likeness (QED) is 0.769. The minimum atomic E-state index is 0.758. The van der Waals surface area contributed by atoms with Crippen molar-refractivity contribution in [2.45, 2.75) is 18.2 Å². The number of benzene rings is 1. The van der Waals surface area contributed by atoms with Crippen molar-refractivity contribution in [3.05, 3.63) is 23.8 Å². The second kappa shape index (κ2) is 5.56. The minimum absolute atomic E-state index is 0.758. The zero-order chi connectivity index (χ0) is 10.4. The van der Waals surface area contributed by atoms with Gasteiger partial charge in [-0.05, 0) is 24.8 Å². The van der Waals surface area contributed by atoms with Gasteiger partial charge >= 0.3 is 0 Å². The Bertz CT molecular complexity index is 342. The van der Waals surface area contributed by atoms with Crippen LogP contribution in [-0.4, -0.2) is 12.8 Å². The number of nitrogens with one attached hydrogen (secondary N) is 1. The van der Waals surface area contributed by atoms with E-state index in [2.05, 4.69) is 18.3 Å². The first-order valence-electron chi connectivity index (χ1n) is 4.64. The van der Waals surface area contributed by atoms with Gasteiger partial charge in [0.25, 0.3) is 0 Å². The van der Waals surface area contributed by atoms with Gasteiger partial charge in [-0.15, -0.1) is 11.8 Å². The zero-order valence-electron chi connectivity index (χ0n) is 8.50. The number of hydrogen-bond donors (Lipinski definition) is 1. The number of thioether (sulfide) groups is 1. The molecule has 3 heteroatoms. The van der Waals surface area contributed by atoms with Crippen molar-refractivity contribution in [3.8, 4) is 6.07 Å². The third kappa shape index (κ3) is 2.43. The van der Waals surface area contributed by atoms with Crippen LogP contribution in [0.4, 0.5) is 5.69 Å². The van der Waals surface area contributed by atoms with Crippen molar-refractivity contribution in [2.24, 2.45) is 0 Å². The summed E-state index contributed by atoms with van der Waals surface area (Å²) in [7, 11) is 0. The van der Waals surface area contributed by atoms with E-state index in [1.807, 2.05) is 24.5 Å². The van der Waals surface area contributed by atoms with E-state index < -0.39 is 0 Å². The van der Waals surface area contributed by atoms with Crippen molar-refractivity contribution in [3.63, 3.8) is 0 Å². The van der Waals surface area contributed by atoms with Crippen LogP contribution in [0.3, 0.4) is 0 Å². The van der Waals surface area contributed by atoms with Gasteiger partial charge in [0.2, 0.25) is 0 Å². The van der Waals surface area contributed by atoms with Gasteiger partial charge in [-0.25, -0.2) is 0 Å². The topological polar surface area (TPSA) is 35.8 Å². The van der Waals surface area contributed by atoms with Crippen LogP contribution in [0.25, 0.3) is 0 Å². The molecular formula is C11H14N2S. The highest BCUT2D eigenvalue weighted by atomic mass is 32.2. The van der Waals surface area contributed by atoms with E-state index in [4.69, 9.17) is 5.26 Å². The van der Waals surface area contributed by atoms with Crippen molar-refractivity contribution >= 4 is 17.4 Å². The normalized spacial score (nSPS) is 9.50. The predicted molar refractivity (Wildman–Crippen MR) is 61.7 cm³/mol. The van der Waals surface area contributed by atoms with Crippen LogP contribution in [-0.2, 0) is 0 Å². The van der Waals surface area contributed by atoms with Crippen LogP contribution in [0, 0.1) is 11.3 Å². The molecule has 0 aromatic heterocycles. The smallest absolute Gasteiger partial charge is 0.102 e. The fraction of sp³-hybridized carbons (Fsp3) is 0.364. The lowest BCUT2D eigenvalue weighted by molar-refractivity contribution is 0.977. The SMILES string of the molecule is CCCNc1cccc(SC)c1C#N. The molecule has 1 N–H and O–H groups in total. The summed E-state index contributed by atoms with van der Waals surface area (Å²) >= 11 is 1.61. The molecule has 0 radical (unpaired) electrons. The molecule has 0 aliphatic rings. The summed E-state index contributed by atoms with van der Waals surface area (Å²) in [4.78, 5) is 1.04. The summed E-state index contributed by atoms with van der Waals surface area (Å²) in [6.07, 6.45) is 3.05. The van der Waals surface area contributed by atoms with Gasteiger partial charge in [0.15, 0.2) is 0 Å². The van der Waals surface area contributed by atoms with Gasteiger partial charge in [0.1, 0.15) is 6.07 Å². The number of rotatable bonds is 4. The summed E-state index contributed by atoms with van der Waals surface area (Å²) in [5, 5.41) is 12.3. The fourth-order valence-electron chi connectivity index (χ4n) is 1.22. The lowest BCUT2D eigenvalue weighted by Gasteiger charge is -2.09. The van der Waals surface area contributed by atoms with Gasteiger partial charge in [-0.2, -0.15) is 5.26 Å². The zero-order valence-corrected chi connectivity index (χ0v) is 9.32. The fourth-order valence-corrected chi connectivity index (χ4v) is 1.80. The monoisotopic (exact) mass is 206 g/mol. The summed E-state index contributed by atoms with van der Waals surface area (Å²) in [5.74, 6) is 0. The second-order valence-electron chi connectivity index (χ2n) is 2.92. The maximum atomic E-state index is 9.03. The summed E-state index contributed by atoms with van der Waals surface area (Å²) < 4.78 is 0. The van der Waals surface area contributed by atoms with Gasteiger partial charge in [-0.1, -0.05) is 13.0 Å². The molecule has 2 nitrogen and oxygen atoms in total. The van der Waals surface area contributed by atoms with Gasteiger partial charge in [0, 0.05) is 11.4 Å². The Balaban J connectivity index is 2.98. The van der Waals surface area contributed by atoms with E-state index in [0.29, 0.717) is 0 Å². The molecule has 0 aliphatic heterocycles. The first-order chi connectivity index (χ1) is 6.83. The van der Waals surface area contributed by atoms with Gasteiger partial charge < -0.3 is 5.32 Å². The van der Waals surface area contributed by atoms with E-state index in [0.717, 1.165) is 29.1 Å². The molecule has 74 valence electrons. The highest BCUT2D eigenvalue weighted by Crippen LogP contribution is 2.25. The van der Waals surface area contributed by atoms with Crippen molar-refractivity contribution < 1.29 is 0 Å². The van der Waals surface area contributed by atoms with E-state index in [1.54, 1.807) is 11.8 Å². The Morgan fingerprint density at radius 3 is 2.86 bits per heavy atom. The molecule has 1 aromatic carbocycles. The molecule has 0 spiro atoms. The molecule has 0 saturated heterocycles. The number of anilines is 1. The molecule has 0 heterocycles. The van der Waals surface area contributed by atoms with E-state index in [-0.39, 0.29) is 0 Å². The van der Waals surface area contributed by atoms with Crippen molar-refractivity contribution in [1.82, 2.24) is 0 Å². The molecule has 0 saturated carbocycles. The molecule has 1 rings (SSSR count). The molecule has 0 bridgehead atoms. The van der Waals surface area contributed by atoms with Crippen molar-refractivity contribution in [2.75, 3.05) is 18.1 Å². The largest absolute Gasteiger partial charge is 0.384 e. The molecule has 0 atom stereocenters. The Hall–Kier alpha value is -1.14. The van der Waals surface area contributed by atoms with Crippen molar-refractivity contribution in [1.29, 1.82) is 5.26 Å². The summed E-state index contributed by atoms with van der Waals surface area (Å²) in [6, 6.07) is 8.14. The highest BCUT2D eigenvalue weighted by Gasteiger charge is 2.05. The number of hydrogen-bond acceptors (Lipinski definition) is 3. The molecule has 0 unspecified atom stereocenters. The Labute approximate surface area is 89.3 Å². The predicted octanol–water partition coefficient (Wildman–Crippen LogP) is 3.10. The highest BCUT2D eigenvalue weighted by molar-refractivity contribution is 7.98.